The lowest BCUT2D eigenvalue weighted by Gasteiger charge is -2.26. The molecule has 6 rings (SSSR count). The average molecular weight is 606 g/mol. The first-order valence-corrected chi connectivity index (χ1v) is 15.6. The molecule has 9 nitrogen and oxygen atoms in total. The Balaban J connectivity index is 1.33. The molecule has 0 bridgehead atoms. The molecule has 2 N–H and O–H groups in total. The number of aromatic nitrogens is 4. The monoisotopic (exact) mass is 605 g/mol. The highest BCUT2D eigenvalue weighted by Gasteiger charge is 2.33. The van der Waals surface area contributed by atoms with Crippen LogP contribution in [0.1, 0.15) is 65.7 Å². The molecule has 0 spiro atoms. The Morgan fingerprint density at radius 2 is 1.51 bits per heavy atom. The number of rotatable bonds is 10. The number of hydrogen-bond acceptors (Lipinski definition) is 5. The molecule has 1 saturated carbocycles. The quantitative estimate of drug-likeness (QED) is 0.248. The fraction of sp³-hybridized carbons (Fsp3) is 0.333. The van der Waals surface area contributed by atoms with E-state index in [-0.39, 0.29) is 29.9 Å². The van der Waals surface area contributed by atoms with Crippen molar-refractivity contribution in [2.75, 3.05) is 6.61 Å². The molecule has 0 aliphatic heterocycles. The summed E-state index contributed by atoms with van der Waals surface area (Å²) in [7, 11) is 3.12. The third kappa shape index (κ3) is 6.13. The fourth-order valence-corrected chi connectivity index (χ4v) is 6.70. The van der Waals surface area contributed by atoms with Crippen molar-refractivity contribution in [2.24, 2.45) is 20.0 Å². The molecule has 1 amide bonds. The van der Waals surface area contributed by atoms with E-state index in [9.17, 15) is 19.5 Å². The summed E-state index contributed by atoms with van der Waals surface area (Å²) in [5, 5.41) is 13.2. The summed E-state index contributed by atoms with van der Waals surface area (Å²) in [5.41, 5.74) is 3.75. The number of hydrogen-bond donors (Lipinski definition) is 2. The van der Waals surface area contributed by atoms with Gasteiger partial charge in [0.05, 0.1) is 18.6 Å². The van der Waals surface area contributed by atoms with Crippen molar-refractivity contribution >= 4 is 17.1 Å². The maximum Gasteiger partial charge on any atom is 0.332 e. The number of nitrogens with one attached hydrogen (secondary N) is 1. The molecule has 0 radical (unpaired) electrons. The zero-order valence-corrected chi connectivity index (χ0v) is 25.7. The molecular weight excluding hydrogens is 566 g/mol. The summed E-state index contributed by atoms with van der Waals surface area (Å²) in [6, 6.07) is 27.0. The number of benzene rings is 3. The van der Waals surface area contributed by atoms with E-state index in [0.29, 0.717) is 30.0 Å². The number of nitrogens with zero attached hydrogens (tertiary/aromatic N) is 4. The van der Waals surface area contributed by atoms with Crippen molar-refractivity contribution in [1.82, 2.24) is 24.0 Å². The molecule has 232 valence electrons. The summed E-state index contributed by atoms with van der Waals surface area (Å²) in [6.07, 6.45) is 4.68. The predicted molar refractivity (Wildman–Crippen MR) is 174 cm³/mol. The molecule has 5 aromatic rings. The average Bonchev–Trinajstić information content (AvgIpc) is 3.72. The molecule has 2 atom stereocenters. The lowest BCUT2D eigenvalue weighted by molar-refractivity contribution is -0.124. The van der Waals surface area contributed by atoms with Crippen molar-refractivity contribution in [3.05, 3.63) is 134 Å². The largest absolute Gasteiger partial charge is 0.394 e. The van der Waals surface area contributed by atoms with Crippen LogP contribution in [-0.4, -0.2) is 36.3 Å². The van der Waals surface area contributed by atoms with Gasteiger partial charge in [0, 0.05) is 27.1 Å². The van der Waals surface area contributed by atoms with Gasteiger partial charge in [-0.05, 0) is 41.0 Å². The van der Waals surface area contributed by atoms with Crippen LogP contribution in [0.5, 0.6) is 0 Å². The number of aliphatic hydroxyl groups is 1. The first-order valence-electron chi connectivity index (χ1n) is 15.6. The van der Waals surface area contributed by atoms with E-state index in [0.717, 1.165) is 52.5 Å². The molecule has 9 heteroatoms. The molecule has 0 saturated heterocycles. The van der Waals surface area contributed by atoms with Gasteiger partial charge in [0.1, 0.15) is 5.82 Å². The normalized spacial score (nSPS) is 14.9. The van der Waals surface area contributed by atoms with Crippen LogP contribution in [-0.2, 0) is 31.9 Å². The van der Waals surface area contributed by atoms with E-state index in [1.807, 2.05) is 89.5 Å². The van der Waals surface area contributed by atoms with Crippen molar-refractivity contribution in [1.29, 1.82) is 0 Å². The highest BCUT2D eigenvalue weighted by Crippen LogP contribution is 2.38. The van der Waals surface area contributed by atoms with Gasteiger partial charge < -0.3 is 15.0 Å². The minimum atomic E-state index is -0.474. The third-order valence-corrected chi connectivity index (χ3v) is 9.17. The van der Waals surface area contributed by atoms with E-state index in [1.54, 1.807) is 7.05 Å². The lowest BCUT2D eigenvalue weighted by atomic mass is 9.83. The number of carbonyl (C=O) groups excluding carboxylic acids is 1. The third-order valence-electron chi connectivity index (χ3n) is 9.17. The summed E-state index contributed by atoms with van der Waals surface area (Å²) in [4.78, 5) is 44.7. The molecule has 2 heterocycles. The Morgan fingerprint density at radius 1 is 0.867 bits per heavy atom. The highest BCUT2D eigenvalue weighted by atomic mass is 16.3. The fourth-order valence-electron chi connectivity index (χ4n) is 6.70. The molecular formula is C36H39N5O4. The molecule has 1 aliphatic rings. The van der Waals surface area contributed by atoms with Gasteiger partial charge >= 0.3 is 5.69 Å². The first-order chi connectivity index (χ1) is 21.9. The Bertz CT molecular complexity index is 1900. The zero-order valence-electron chi connectivity index (χ0n) is 25.7. The van der Waals surface area contributed by atoms with Crippen LogP contribution >= 0.6 is 0 Å². The lowest BCUT2D eigenvalue weighted by Crippen LogP contribution is -2.37. The standard InChI is InChI=1S/C36H39N5O4/c1-39-33-32(35(44)40(2)36(39)45)41(30(38-33)21-24-11-5-3-6-12-24)22-25-17-19-28(20-18-25)31(27-15-9-10-16-27)34(43)37-29(23-42)26-13-7-4-8-14-26/h3-8,11-14,17-20,27,29,31,42H,9-10,15-16,21-23H2,1-2H3,(H,37,43)/t29-,31-/m0/s1. The Labute approximate surface area is 261 Å². The van der Waals surface area contributed by atoms with E-state index in [1.165, 1.54) is 11.6 Å². The number of imidazole rings is 1. The summed E-state index contributed by atoms with van der Waals surface area (Å²) < 4.78 is 4.45. The van der Waals surface area contributed by atoms with Gasteiger partial charge in [-0.25, -0.2) is 9.78 Å². The van der Waals surface area contributed by atoms with Crippen molar-refractivity contribution in [3.8, 4) is 0 Å². The minimum Gasteiger partial charge on any atom is -0.394 e. The highest BCUT2D eigenvalue weighted by molar-refractivity contribution is 5.84. The Hall–Kier alpha value is -4.76. The second-order valence-corrected chi connectivity index (χ2v) is 12.1. The molecule has 0 unspecified atom stereocenters. The number of amides is 1. The number of aliphatic hydroxyl groups excluding tert-OH is 1. The van der Waals surface area contributed by atoms with Gasteiger partial charge in [-0.3, -0.25) is 18.7 Å². The maximum absolute atomic E-state index is 13.8. The van der Waals surface area contributed by atoms with Gasteiger partial charge in [0.15, 0.2) is 11.2 Å². The molecule has 1 aliphatic carbocycles. The molecule has 2 aromatic heterocycles. The summed E-state index contributed by atoms with van der Waals surface area (Å²) in [6.45, 7) is 0.203. The SMILES string of the molecule is Cn1c(=O)c2c(nc(Cc3ccccc3)n2Cc2ccc([C@@H](C(=O)N[C@@H](CO)c3ccccc3)C3CCCC3)cc2)n(C)c1=O. The summed E-state index contributed by atoms with van der Waals surface area (Å²) in [5.74, 6) is 0.514. The Kier molecular flexibility index (Phi) is 8.80. The van der Waals surface area contributed by atoms with Crippen LogP contribution in [0.3, 0.4) is 0 Å². The topological polar surface area (TPSA) is 111 Å². The van der Waals surface area contributed by atoms with Crippen molar-refractivity contribution < 1.29 is 9.90 Å². The minimum absolute atomic E-state index is 0.0762. The van der Waals surface area contributed by atoms with Gasteiger partial charge in [-0.2, -0.15) is 0 Å². The van der Waals surface area contributed by atoms with E-state index in [2.05, 4.69) is 5.32 Å². The van der Waals surface area contributed by atoms with Gasteiger partial charge in [0.2, 0.25) is 5.91 Å². The van der Waals surface area contributed by atoms with Crippen molar-refractivity contribution in [3.63, 3.8) is 0 Å². The number of aryl methyl sites for hydroxylation is 1. The van der Waals surface area contributed by atoms with E-state index < -0.39 is 11.7 Å². The predicted octanol–water partition coefficient (Wildman–Crippen LogP) is 4.20. The number of carbonyl (C=O) groups is 1. The number of fused-ring (bicyclic) bond motifs is 1. The maximum atomic E-state index is 13.8. The van der Waals surface area contributed by atoms with Crippen molar-refractivity contribution in [2.45, 2.75) is 50.6 Å². The van der Waals surface area contributed by atoms with E-state index in [4.69, 9.17) is 4.98 Å². The molecule has 1 fully saturated rings. The summed E-state index contributed by atoms with van der Waals surface area (Å²) >= 11 is 0. The van der Waals surface area contributed by atoms with Gasteiger partial charge in [-0.1, -0.05) is 97.8 Å². The molecule has 3 aromatic carbocycles. The van der Waals surface area contributed by atoms with Gasteiger partial charge in [-0.15, -0.1) is 0 Å². The van der Waals surface area contributed by atoms with E-state index >= 15 is 0 Å². The first kappa shape index (κ1) is 30.3. The van der Waals surface area contributed by atoms with Crippen LogP contribution in [0, 0.1) is 5.92 Å². The Morgan fingerprint density at radius 3 is 2.16 bits per heavy atom. The van der Waals surface area contributed by atoms with Crippen LogP contribution < -0.4 is 16.6 Å². The second kappa shape index (κ2) is 13.1. The molecule has 45 heavy (non-hydrogen) atoms. The zero-order chi connectivity index (χ0) is 31.5. The van der Waals surface area contributed by atoms with Crippen LogP contribution in [0.4, 0.5) is 0 Å². The smallest absolute Gasteiger partial charge is 0.332 e. The van der Waals surface area contributed by atoms with Crippen LogP contribution in [0.2, 0.25) is 0 Å². The van der Waals surface area contributed by atoms with Crippen LogP contribution in [0.25, 0.3) is 11.2 Å². The second-order valence-electron chi connectivity index (χ2n) is 12.1. The van der Waals surface area contributed by atoms with Crippen LogP contribution in [0.15, 0.2) is 94.5 Å². The van der Waals surface area contributed by atoms with Gasteiger partial charge in [0.25, 0.3) is 5.56 Å².